The number of hydrogen-bond donors (Lipinski definition) is 1. The molecular weight excluding hydrogens is 472 g/mol. The van der Waals surface area contributed by atoms with Gasteiger partial charge in [-0.2, -0.15) is 0 Å². The molecule has 0 saturated carbocycles. The maximum Gasteiger partial charge on any atom is 0.266 e. The summed E-state index contributed by atoms with van der Waals surface area (Å²) in [6.07, 6.45) is 0. The summed E-state index contributed by atoms with van der Waals surface area (Å²) in [5.74, 6) is -1.07. The van der Waals surface area contributed by atoms with Crippen LogP contribution in [0.4, 0.5) is 10.1 Å². The monoisotopic (exact) mass is 487 g/mol. The predicted octanol–water partition coefficient (Wildman–Crippen LogP) is 5.87. The number of amides is 1. The highest BCUT2D eigenvalue weighted by molar-refractivity contribution is 7.99. The van der Waals surface area contributed by atoms with E-state index in [-0.39, 0.29) is 16.6 Å². The Bertz CT molecular complexity index is 1410. The van der Waals surface area contributed by atoms with Gasteiger partial charge in [0.15, 0.2) is 5.16 Å². The predicted molar refractivity (Wildman–Crippen MR) is 128 cm³/mol. The molecule has 3 aromatic carbocycles. The summed E-state index contributed by atoms with van der Waals surface area (Å²) in [7, 11) is 0. The van der Waals surface area contributed by atoms with Gasteiger partial charge in [-0.15, -0.1) is 0 Å². The van der Waals surface area contributed by atoms with Crippen molar-refractivity contribution < 1.29 is 9.18 Å². The highest BCUT2D eigenvalue weighted by atomic mass is 35.5. The lowest BCUT2D eigenvalue weighted by molar-refractivity contribution is -0.113. The fraction of sp³-hybridized carbons (Fsp3) is 0.0870. The molecule has 0 fully saturated rings. The number of rotatable bonds is 5. The van der Waals surface area contributed by atoms with Crippen molar-refractivity contribution in [1.82, 2.24) is 9.55 Å². The topological polar surface area (TPSA) is 64.0 Å². The molecule has 0 saturated heterocycles. The second-order valence-electron chi connectivity index (χ2n) is 6.89. The number of carbonyl (C=O) groups excluding carboxylic acids is 1. The van der Waals surface area contributed by atoms with Crippen LogP contribution >= 0.6 is 35.0 Å². The molecule has 0 atom stereocenters. The van der Waals surface area contributed by atoms with Gasteiger partial charge in [-0.05, 0) is 42.8 Å². The number of carbonyl (C=O) groups is 1. The Morgan fingerprint density at radius 1 is 1.09 bits per heavy atom. The van der Waals surface area contributed by atoms with Crippen molar-refractivity contribution in [3.8, 4) is 5.69 Å². The van der Waals surface area contributed by atoms with Gasteiger partial charge >= 0.3 is 0 Å². The molecule has 162 valence electrons. The lowest BCUT2D eigenvalue weighted by Gasteiger charge is -2.14. The Morgan fingerprint density at radius 3 is 2.59 bits per heavy atom. The van der Waals surface area contributed by atoms with Crippen LogP contribution in [0.25, 0.3) is 16.6 Å². The van der Waals surface area contributed by atoms with Crippen molar-refractivity contribution in [1.29, 1.82) is 0 Å². The van der Waals surface area contributed by atoms with Gasteiger partial charge < -0.3 is 5.32 Å². The molecule has 0 aliphatic rings. The van der Waals surface area contributed by atoms with E-state index >= 15 is 0 Å². The van der Waals surface area contributed by atoms with E-state index in [0.29, 0.717) is 26.6 Å². The van der Waals surface area contributed by atoms with Gasteiger partial charge in [-0.25, -0.2) is 9.37 Å². The Labute approximate surface area is 197 Å². The summed E-state index contributed by atoms with van der Waals surface area (Å²) in [6.45, 7) is 1.80. The third-order valence-corrected chi connectivity index (χ3v) is 6.46. The summed E-state index contributed by atoms with van der Waals surface area (Å²) in [4.78, 5) is 30.3. The zero-order chi connectivity index (χ0) is 22.8. The van der Waals surface area contributed by atoms with E-state index in [0.717, 1.165) is 17.3 Å². The van der Waals surface area contributed by atoms with Crippen LogP contribution in [-0.2, 0) is 4.79 Å². The zero-order valence-corrected chi connectivity index (χ0v) is 19.1. The quantitative estimate of drug-likeness (QED) is 0.282. The van der Waals surface area contributed by atoms with Gasteiger partial charge in [0.2, 0.25) is 5.91 Å². The maximum atomic E-state index is 14.5. The van der Waals surface area contributed by atoms with Gasteiger partial charge in [-0.3, -0.25) is 14.2 Å². The number of nitrogens with zero attached hydrogens (tertiary/aromatic N) is 2. The standard InChI is InChI=1S/C23H16Cl2FN3O2S/c1-13-10-11-15(24)21(20(13)25)28-19(30)12-32-23-27-17-8-4-2-6-14(17)22(31)29(23)18-9-5-3-7-16(18)26/h2-11H,12H2,1H3,(H,28,30). The molecule has 0 unspecified atom stereocenters. The number of aryl methyl sites for hydroxylation is 1. The van der Waals surface area contributed by atoms with E-state index in [1.54, 1.807) is 49.4 Å². The molecule has 1 aromatic heterocycles. The number of halogens is 3. The summed E-state index contributed by atoms with van der Waals surface area (Å²) >= 11 is 13.4. The first kappa shape index (κ1) is 22.3. The molecule has 4 rings (SSSR count). The van der Waals surface area contributed by atoms with Gasteiger partial charge in [-0.1, -0.05) is 65.3 Å². The summed E-state index contributed by atoms with van der Waals surface area (Å²) in [6, 6.07) is 16.1. The van der Waals surface area contributed by atoms with E-state index in [2.05, 4.69) is 10.3 Å². The lowest BCUT2D eigenvalue weighted by atomic mass is 10.2. The minimum absolute atomic E-state index is 0.0587. The molecule has 9 heteroatoms. The normalized spacial score (nSPS) is 11.0. The van der Waals surface area contributed by atoms with Crippen LogP contribution < -0.4 is 10.9 Å². The van der Waals surface area contributed by atoms with Crippen LogP contribution in [0, 0.1) is 12.7 Å². The third kappa shape index (κ3) is 4.37. The van der Waals surface area contributed by atoms with Gasteiger partial charge in [0.05, 0.1) is 38.1 Å². The highest BCUT2D eigenvalue weighted by Gasteiger charge is 2.18. The molecule has 4 aromatic rings. The summed E-state index contributed by atoms with van der Waals surface area (Å²) in [5.41, 5.74) is 1.18. The van der Waals surface area contributed by atoms with E-state index in [1.807, 2.05) is 0 Å². The number of nitrogens with one attached hydrogen (secondary N) is 1. The zero-order valence-electron chi connectivity index (χ0n) is 16.7. The van der Waals surface area contributed by atoms with Crippen molar-refractivity contribution in [2.24, 2.45) is 0 Å². The lowest BCUT2D eigenvalue weighted by Crippen LogP contribution is -2.23. The van der Waals surface area contributed by atoms with Crippen LogP contribution in [0.3, 0.4) is 0 Å². The number of aromatic nitrogens is 2. The van der Waals surface area contributed by atoms with E-state index in [4.69, 9.17) is 23.2 Å². The van der Waals surface area contributed by atoms with Crippen molar-refractivity contribution in [2.45, 2.75) is 12.1 Å². The van der Waals surface area contributed by atoms with E-state index in [9.17, 15) is 14.0 Å². The molecule has 0 aliphatic carbocycles. The molecule has 1 N–H and O–H groups in total. The first-order valence-corrected chi connectivity index (χ1v) is 11.2. The van der Waals surface area contributed by atoms with Crippen LogP contribution in [-0.4, -0.2) is 21.2 Å². The average molecular weight is 488 g/mol. The van der Waals surface area contributed by atoms with Crippen molar-refractivity contribution in [2.75, 3.05) is 11.1 Å². The van der Waals surface area contributed by atoms with E-state index < -0.39 is 17.3 Å². The highest BCUT2D eigenvalue weighted by Crippen LogP contribution is 2.33. The van der Waals surface area contributed by atoms with Gasteiger partial charge in [0, 0.05) is 0 Å². The Morgan fingerprint density at radius 2 is 1.81 bits per heavy atom. The number of anilines is 1. The molecule has 32 heavy (non-hydrogen) atoms. The number of thioether (sulfide) groups is 1. The van der Waals surface area contributed by atoms with Crippen molar-refractivity contribution >= 4 is 57.5 Å². The molecule has 0 bridgehead atoms. The van der Waals surface area contributed by atoms with Crippen LogP contribution in [0.1, 0.15) is 5.56 Å². The Hall–Kier alpha value is -2.87. The molecule has 0 spiro atoms. The molecule has 0 radical (unpaired) electrons. The fourth-order valence-electron chi connectivity index (χ4n) is 3.13. The van der Waals surface area contributed by atoms with E-state index in [1.165, 1.54) is 22.8 Å². The second-order valence-corrected chi connectivity index (χ2v) is 8.62. The third-order valence-electron chi connectivity index (χ3n) is 4.72. The minimum Gasteiger partial charge on any atom is -0.323 e. The summed E-state index contributed by atoms with van der Waals surface area (Å²) < 4.78 is 15.7. The number of hydrogen-bond acceptors (Lipinski definition) is 4. The van der Waals surface area contributed by atoms with Crippen LogP contribution in [0.5, 0.6) is 0 Å². The molecule has 0 aliphatic heterocycles. The molecule has 1 heterocycles. The minimum atomic E-state index is -0.573. The first-order chi connectivity index (χ1) is 15.4. The Balaban J connectivity index is 1.70. The maximum absolute atomic E-state index is 14.5. The van der Waals surface area contributed by atoms with Crippen molar-refractivity contribution in [3.05, 3.63) is 92.4 Å². The average Bonchev–Trinajstić information content (AvgIpc) is 2.79. The first-order valence-electron chi connectivity index (χ1n) is 9.50. The fourth-order valence-corrected chi connectivity index (χ4v) is 4.40. The van der Waals surface area contributed by atoms with Gasteiger partial charge in [0.1, 0.15) is 5.82 Å². The Kier molecular flexibility index (Phi) is 6.50. The number of benzene rings is 3. The SMILES string of the molecule is Cc1ccc(Cl)c(NC(=O)CSc2nc3ccccc3c(=O)n2-c2ccccc2F)c1Cl. The van der Waals surface area contributed by atoms with Crippen molar-refractivity contribution in [3.63, 3.8) is 0 Å². The molecular formula is C23H16Cl2FN3O2S. The van der Waals surface area contributed by atoms with Gasteiger partial charge in [0.25, 0.3) is 5.56 Å². The number of fused-ring (bicyclic) bond motifs is 1. The summed E-state index contributed by atoms with van der Waals surface area (Å²) in [5, 5.41) is 3.90. The molecule has 1 amide bonds. The van der Waals surface area contributed by atoms with Crippen LogP contribution in [0.15, 0.2) is 70.6 Å². The van der Waals surface area contributed by atoms with Crippen LogP contribution in [0.2, 0.25) is 10.0 Å². The molecule has 5 nitrogen and oxygen atoms in total. The second kappa shape index (κ2) is 9.32. The largest absolute Gasteiger partial charge is 0.323 e. The number of para-hydroxylation sites is 2. The smallest absolute Gasteiger partial charge is 0.266 e.